The van der Waals surface area contributed by atoms with E-state index in [0.717, 1.165) is 17.3 Å². The van der Waals surface area contributed by atoms with Crippen molar-refractivity contribution in [1.82, 2.24) is 4.90 Å². The molecule has 0 saturated heterocycles. The Bertz CT molecular complexity index is 764. The fourth-order valence-electron chi connectivity index (χ4n) is 2.62. The van der Waals surface area contributed by atoms with E-state index in [1.807, 2.05) is 37.3 Å². The monoisotopic (exact) mass is 373 g/mol. The molecular formula is C19H20ClN3OS. The maximum absolute atomic E-state index is 13.0. The van der Waals surface area contributed by atoms with Crippen LogP contribution >= 0.6 is 23.4 Å². The van der Waals surface area contributed by atoms with Gasteiger partial charge in [0, 0.05) is 16.0 Å². The highest BCUT2D eigenvalue weighted by Gasteiger charge is 2.30. The van der Waals surface area contributed by atoms with Crippen LogP contribution in [0.2, 0.25) is 5.02 Å². The number of carbonyl (C=O) groups excluding carboxylic acids is 1. The lowest BCUT2D eigenvalue weighted by Crippen LogP contribution is -2.40. The van der Waals surface area contributed by atoms with E-state index in [9.17, 15) is 4.79 Å². The van der Waals surface area contributed by atoms with Gasteiger partial charge in [-0.05, 0) is 36.8 Å². The van der Waals surface area contributed by atoms with Gasteiger partial charge in [-0.3, -0.25) is 9.89 Å². The summed E-state index contributed by atoms with van der Waals surface area (Å²) in [4.78, 5) is 19.3. The number of nitrogens with zero attached hydrogens (tertiary/aromatic N) is 2. The zero-order chi connectivity index (χ0) is 17.8. The zero-order valence-corrected chi connectivity index (χ0v) is 15.7. The first-order valence-electron chi connectivity index (χ1n) is 8.16. The Morgan fingerprint density at radius 3 is 2.52 bits per heavy atom. The van der Waals surface area contributed by atoms with E-state index in [4.69, 9.17) is 11.6 Å². The van der Waals surface area contributed by atoms with Crippen LogP contribution in [0.25, 0.3) is 0 Å². The van der Waals surface area contributed by atoms with Crippen molar-refractivity contribution >= 4 is 40.2 Å². The number of aliphatic imine (C=N–C) groups is 1. The molecular weight excluding hydrogens is 354 g/mol. The molecule has 1 aliphatic rings. The Morgan fingerprint density at radius 1 is 1.24 bits per heavy atom. The van der Waals surface area contributed by atoms with Gasteiger partial charge >= 0.3 is 6.03 Å². The molecule has 0 saturated carbocycles. The van der Waals surface area contributed by atoms with E-state index in [1.165, 1.54) is 0 Å². The van der Waals surface area contributed by atoms with Gasteiger partial charge in [0.2, 0.25) is 0 Å². The first-order chi connectivity index (χ1) is 12.0. The van der Waals surface area contributed by atoms with Crippen LogP contribution in [0.15, 0.2) is 59.6 Å². The normalized spacial score (nSPS) is 17.7. The third-order valence-corrected chi connectivity index (χ3v) is 5.32. The number of halogens is 1. The van der Waals surface area contributed by atoms with E-state index in [0.29, 0.717) is 16.0 Å². The summed E-state index contributed by atoms with van der Waals surface area (Å²) in [6, 6.07) is 16.8. The first-order valence-corrected chi connectivity index (χ1v) is 9.42. The second-order valence-corrected chi connectivity index (χ2v) is 7.79. The fraction of sp³-hybridized carbons (Fsp3) is 0.263. The minimum Gasteiger partial charge on any atom is -0.307 e. The number of carbonyl (C=O) groups is 1. The molecule has 0 fully saturated rings. The van der Waals surface area contributed by atoms with Crippen LogP contribution in [0.5, 0.6) is 0 Å². The number of amides is 2. The van der Waals surface area contributed by atoms with Gasteiger partial charge in [0.25, 0.3) is 0 Å². The van der Waals surface area contributed by atoms with Crippen LogP contribution < -0.4 is 5.32 Å². The van der Waals surface area contributed by atoms with Gasteiger partial charge in [0.15, 0.2) is 5.17 Å². The number of hydrogen-bond donors (Lipinski definition) is 1. The average molecular weight is 374 g/mol. The molecule has 1 N–H and O–H groups in total. The summed E-state index contributed by atoms with van der Waals surface area (Å²) >= 11 is 7.55. The van der Waals surface area contributed by atoms with E-state index in [-0.39, 0.29) is 12.1 Å². The predicted molar refractivity (Wildman–Crippen MR) is 107 cm³/mol. The Labute approximate surface area is 157 Å². The van der Waals surface area contributed by atoms with Crippen molar-refractivity contribution in [1.29, 1.82) is 0 Å². The van der Waals surface area contributed by atoms with E-state index in [1.54, 1.807) is 40.9 Å². The summed E-state index contributed by atoms with van der Waals surface area (Å²) in [6.45, 7) is 4.86. The molecule has 1 heterocycles. The minimum atomic E-state index is -0.195. The summed E-state index contributed by atoms with van der Waals surface area (Å²) in [5, 5.41) is 4.72. The molecule has 2 unspecified atom stereocenters. The van der Waals surface area contributed by atoms with Gasteiger partial charge in [0.05, 0.1) is 12.6 Å². The predicted octanol–water partition coefficient (Wildman–Crippen LogP) is 5.43. The molecule has 2 aromatic carbocycles. The highest BCUT2D eigenvalue weighted by molar-refractivity contribution is 8.14. The standard InChI is InChI=1S/C19H20ClN3OS/c1-13-12-21-19(25-13)23(14(2)15-6-4-3-5-7-15)18(24)22-17-10-8-16(20)9-11-17/h3-11,13-14H,12H2,1-2H3,(H,22,24). The molecule has 0 bridgehead atoms. The molecule has 0 spiro atoms. The quantitative estimate of drug-likeness (QED) is 0.779. The van der Waals surface area contributed by atoms with Crippen molar-refractivity contribution in [2.24, 2.45) is 4.99 Å². The van der Waals surface area contributed by atoms with Crippen molar-refractivity contribution in [3.8, 4) is 0 Å². The SMILES string of the molecule is CC1CN=C(N(C(=O)Nc2ccc(Cl)cc2)C(C)c2ccccc2)S1. The summed E-state index contributed by atoms with van der Waals surface area (Å²) < 4.78 is 0. The second-order valence-electron chi connectivity index (χ2n) is 5.95. The number of benzene rings is 2. The molecule has 1 aliphatic heterocycles. The molecule has 6 heteroatoms. The summed E-state index contributed by atoms with van der Waals surface area (Å²) in [5.41, 5.74) is 1.77. The Balaban J connectivity index is 1.85. The lowest BCUT2D eigenvalue weighted by atomic mass is 10.1. The van der Waals surface area contributed by atoms with E-state index >= 15 is 0 Å². The van der Waals surface area contributed by atoms with Crippen molar-refractivity contribution < 1.29 is 4.79 Å². The second kappa shape index (κ2) is 7.93. The number of rotatable bonds is 3. The average Bonchev–Trinajstić information content (AvgIpc) is 3.04. The summed E-state index contributed by atoms with van der Waals surface area (Å²) in [7, 11) is 0. The van der Waals surface area contributed by atoms with Gasteiger partial charge in [-0.1, -0.05) is 60.6 Å². The third-order valence-electron chi connectivity index (χ3n) is 3.98. The number of thioether (sulfide) groups is 1. The van der Waals surface area contributed by atoms with Gasteiger partial charge < -0.3 is 5.32 Å². The molecule has 2 aromatic rings. The number of urea groups is 1. The van der Waals surface area contributed by atoms with Gasteiger partial charge in [-0.15, -0.1) is 0 Å². The lowest BCUT2D eigenvalue weighted by molar-refractivity contribution is 0.225. The number of nitrogens with one attached hydrogen (secondary N) is 1. The van der Waals surface area contributed by atoms with Crippen molar-refractivity contribution in [2.45, 2.75) is 25.1 Å². The Hall–Kier alpha value is -1.98. The van der Waals surface area contributed by atoms with Crippen LogP contribution in [-0.4, -0.2) is 27.9 Å². The molecule has 0 radical (unpaired) electrons. The molecule has 2 amide bonds. The number of anilines is 1. The first kappa shape index (κ1) is 17.8. The Kier molecular flexibility index (Phi) is 5.66. The smallest absolute Gasteiger partial charge is 0.307 e. The van der Waals surface area contributed by atoms with Crippen molar-refractivity contribution in [2.75, 3.05) is 11.9 Å². The molecule has 3 rings (SSSR count). The lowest BCUT2D eigenvalue weighted by Gasteiger charge is -2.29. The molecule has 2 atom stereocenters. The van der Waals surface area contributed by atoms with Crippen LogP contribution in [0.4, 0.5) is 10.5 Å². The highest BCUT2D eigenvalue weighted by Crippen LogP contribution is 2.30. The highest BCUT2D eigenvalue weighted by atomic mass is 35.5. The number of amidine groups is 1. The zero-order valence-electron chi connectivity index (χ0n) is 14.1. The molecule has 4 nitrogen and oxygen atoms in total. The summed E-state index contributed by atoms with van der Waals surface area (Å²) in [6.07, 6.45) is 0. The largest absolute Gasteiger partial charge is 0.328 e. The molecule has 0 aromatic heterocycles. The van der Waals surface area contributed by atoms with Crippen LogP contribution in [0.3, 0.4) is 0 Å². The summed E-state index contributed by atoms with van der Waals surface area (Å²) in [5.74, 6) is 0. The topological polar surface area (TPSA) is 44.7 Å². The molecule has 130 valence electrons. The van der Waals surface area contributed by atoms with Crippen molar-refractivity contribution in [3.05, 3.63) is 65.2 Å². The maximum Gasteiger partial charge on any atom is 0.328 e. The third kappa shape index (κ3) is 4.35. The van der Waals surface area contributed by atoms with Crippen LogP contribution in [0.1, 0.15) is 25.5 Å². The molecule has 25 heavy (non-hydrogen) atoms. The van der Waals surface area contributed by atoms with Crippen LogP contribution in [-0.2, 0) is 0 Å². The van der Waals surface area contributed by atoms with Gasteiger partial charge in [-0.25, -0.2) is 4.79 Å². The number of hydrogen-bond acceptors (Lipinski definition) is 3. The van der Waals surface area contributed by atoms with Gasteiger partial charge in [0.1, 0.15) is 0 Å². The van der Waals surface area contributed by atoms with Crippen LogP contribution in [0, 0.1) is 0 Å². The minimum absolute atomic E-state index is 0.120. The fourth-order valence-corrected chi connectivity index (χ4v) is 3.76. The van der Waals surface area contributed by atoms with E-state index < -0.39 is 0 Å². The van der Waals surface area contributed by atoms with Gasteiger partial charge in [-0.2, -0.15) is 0 Å². The van der Waals surface area contributed by atoms with E-state index in [2.05, 4.69) is 17.2 Å². The Morgan fingerprint density at radius 2 is 1.92 bits per heavy atom. The maximum atomic E-state index is 13.0. The van der Waals surface area contributed by atoms with Crippen molar-refractivity contribution in [3.63, 3.8) is 0 Å². The molecule has 0 aliphatic carbocycles.